The van der Waals surface area contributed by atoms with Gasteiger partial charge in [-0.15, -0.1) is 0 Å². The Bertz CT molecular complexity index is 667. The summed E-state index contributed by atoms with van der Waals surface area (Å²) in [5.74, 6) is 0. The number of rotatable bonds is 3. The van der Waals surface area contributed by atoms with Crippen LogP contribution in [0.5, 0.6) is 0 Å². The number of hydrogen-bond donors (Lipinski definition) is 1. The summed E-state index contributed by atoms with van der Waals surface area (Å²) >= 11 is 1.38. The Morgan fingerprint density at radius 2 is 2.05 bits per heavy atom. The number of carbonyl (C=O) groups is 1. The van der Waals surface area contributed by atoms with Crippen molar-refractivity contribution in [3.8, 4) is 0 Å². The Morgan fingerprint density at radius 1 is 1.35 bits per heavy atom. The molecule has 0 radical (unpaired) electrons. The van der Waals surface area contributed by atoms with Crippen LogP contribution in [0.3, 0.4) is 0 Å². The first kappa shape index (κ1) is 14.6. The molecule has 0 spiro atoms. The smallest absolute Gasteiger partial charge is 0.407 e. The fourth-order valence-corrected chi connectivity index (χ4v) is 2.71. The SMILES string of the molecule is CC(C)(C)NC(=O)OCCn1sc2ccccc2c1=O. The molecule has 0 aliphatic rings. The normalized spacial score (nSPS) is 11.6. The highest BCUT2D eigenvalue weighted by molar-refractivity contribution is 7.13. The number of benzene rings is 1. The first-order valence-electron chi connectivity index (χ1n) is 6.40. The van der Waals surface area contributed by atoms with Crippen LogP contribution in [0.15, 0.2) is 29.1 Å². The van der Waals surface area contributed by atoms with Crippen molar-refractivity contribution >= 4 is 27.7 Å². The van der Waals surface area contributed by atoms with Crippen LogP contribution in [0.4, 0.5) is 4.79 Å². The van der Waals surface area contributed by atoms with Crippen molar-refractivity contribution in [2.24, 2.45) is 0 Å². The molecule has 0 unspecified atom stereocenters. The highest BCUT2D eigenvalue weighted by atomic mass is 32.1. The van der Waals surface area contributed by atoms with Gasteiger partial charge in [0.25, 0.3) is 5.56 Å². The zero-order chi connectivity index (χ0) is 14.8. The molecule has 0 aliphatic carbocycles. The third-order valence-electron chi connectivity index (χ3n) is 2.56. The molecule has 1 aromatic carbocycles. The molecule has 0 atom stereocenters. The van der Waals surface area contributed by atoms with Crippen LogP contribution in [0.2, 0.25) is 0 Å². The zero-order valence-corrected chi connectivity index (χ0v) is 12.6. The number of nitrogens with zero attached hydrogens (tertiary/aromatic N) is 1. The Morgan fingerprint density at radius 3 is 2.70 bits per heavy atom. The minimum Gasteiger partial charge on any atom is -0.448 e. The van der Waals surface area contributed by atoms with Crippen LogP contribution in [0, 0.1) is 0 Å². The van der Waals surface area contributed by atoms with Gasteiger partial charge >= 0.3 is 6.09 Å². The van der Waals surface area contributed by atoms with E-state index in [1.807, 2.05) is 39.0 Å². The highest BCUT2D eigenvalue weighted by Gasteiger charge is 2.14. The predicted molar refractivity (Wildman–Crippen MR) is 80.3 cm³/mol. The van der Waals surface area contributed by atoms with E-state index in [2.05, 4.69) is 5.32 Å². The molecule has 2 aromatic rings. The maximum atomic E-state index is 12.1. The number of fused-ring (bicyclic) bond motifs is 1. The summed E-state index contributed by atoms with van der Waals surface area (Å²) in [4.78, 5) is 23.5. The molecule has 5 nitrogen and oxygen atoms in total. The molecule has 0 saturated carbocycles. The second kappa shape index (κ2) is 5.66. The van der Waals surface area contributed by atoms with Gasteiger partial charge in [0.2, 0.25) is 0 Å². The number of alkyl carbamates (subject to hydrolysis) is 1. The number of ether oxygens (including phenoxy) is 1. The van der Waals surface area contributed by atoms with E-state index in [1.165, 1.54) is 11.5 Å². The molecule has 108 valence electrons. The van der Waals surface area contributed by atoms with Crippen molar-refractivity contribution in [3.05, 3.63) is 34.6 Å². The second-order valence-electron chi connectivity index (χ2n) is 5.51. The maximum absolute atomic E-state index is 12.1. The molecular formula is C14H18N2O3S. The van der Waals surface area contributed by atoms with E-state index >= 15 is 0 Å². The molecular weight excluding hydrogens is 276 g/mol. The van der Waals surface area contributed by atoms with Crippen molar-refractivity contribution < 1.29 is 9.53 Å². The van der Waals surface area contributed by atoms with Gasteiger partial charge in [0.15, 0.2) is 0 Å². The van der Waals surface area contributed by atoms with E-state index in [0.29, 0.717) is 11.9 Å². The Kier molecular flexibility index (Phi) is 4.13. The third kappa shape index (κ3) is 3.60. The summed E-state index contributed by atoms with van der Waals surface area (Å²) < 4.78 is 7.62. The molecule has 2 rings (SSSR count). The summed E-state index contributed by atoms with van der Waals surface area (Å²) in [7, 11) is 0. The van der Waals surface area contributed by atoms with Crippen LogP contribution in [0.25, 0.3) is 10.1 Å². The van der Waals surface area contributed by atoms with E-state index in [0.717, 1.165) is 4.70 Å². The molecule has 1 aromatic heterocycles. The first-order chi connectivity index (χ1) is 9.37. The predicted octanol–water partition coefficient (Wildman–Crippen LogP) is 2.59. The van der Waals surface area contributed by atoms with Crippen LogP contribution >= 0.6 is 11.5 Å². The number of hydrogen-bond acceptors (Lipinski definition) is 4. The van der Waals surface area contributed by atoms with E-state index in [1.54, 1.807) is 10.0 Å². The van der Waals surface area contributed by atoms with Gasteiger partial charge in [-0.25, -0.2) is 4.79 Å². The maximum Gasteiger partial charge on any atom is 0.407 e. The molecule has 0 saturated heterocycles. The van der Waals surface area contributed by atoms with E-state index in [9.17, 15) is 9.59 Å². The van der Waals surface area contributed by atoms with Crippen molar-refractivity contribution in [2.75, 3.05) is 6.61 Å². The lowest BCUT2D eigenvalue weighted by molar-refractivity contribution is 0.134. The van der Waals surface area contributed by atoms with Gasteiger partial charge in [0.05, 0.1) is 16.6 Å². The van der Waals surface area contributed by atoms with Crippen LogP contribution in [0.1, 0.15) is 20.8 Å². The van der Waals surface area contributed by atoms with E-state index < -0.39 is 6.09 Å². The molecule has 20 heavy (non-hydrogen) atoms. The first-order valence-corrected chi connectivity index (χ1v) is 7.18. The largest absolute Gasteiger partial charge is 0.448 e. The summed E-state index contributed by atoms with van der Waals surface area (Å²) in [6, 6.07) is 7.45. The molecule has 0 fully saturated rings. The van der Waals surface area contributed by atoms with Crippen molar-refractivity contribution in [2.45, 2.75) is 32.9 Å². The number of amides is 1. The summed E-state index contributed by atoms with van der Waals surface area (Å²) in [6.45, 7) is 6.19. The van der Waals surface area contributed by atoms with Gasteiger partial charge in [-0.2, -0.15) is 0 Å². The number of aromatic nitrogens is 1. The lowest BCUT2D eigenvalue weighted by Crippen LogP contribution is -2.41. The Hall–Kier alpha value is -1.82. The quantitative estimate of drug-likeness (QED) is 0.946. The lowest BCUT2D eigenvalue weighted by atomic mass is 10.1. The summed E-state index contributed by atoms with van der Waals surface area (Å²) in [5, 5.41) is 3.41. The molecule has 0 aliphatic heterocycles. The van der Waals surface area contributed by atoms with Crippen molar-refractivity contribution in [1.82, 2.24) is 9.27 Å². The van der Waals surface area contributed by atoms with Gasteiger partial charge in [-0.3, -0.25) is 8.75 Å². The molecule has 1 amide bonds. The van der Waals surface area contributed by atoms with Gasteiger partial charge in [0, 0.05) is 5.54 Å². The average molecular weight is 294 g/mol. The van der Waals surface area contributed by atoms with Crippen LogP contribution in [-0.2, 0) is 11.3 Å². The topological polar surface area (TPSA) is 60.3 Å². The number of nitrogens with one attached hydrogen (secondary N) is 1. The monoisotopic (exact) mass is 294 g/mol. The van der Waals surface area contributed by atoms with Crippen molar-refractivity contribution in [3.63, 3.8) is 0 Å². The molecule has 1 heterocycles. The lowest BCUT2D eigenvalue weighted by Gasteiger charge is -2.19. The zero-order valence-electron chi connectivity index (χ0n) is 11.8. The fourth-order valence-electron chi connectivity index (χ4n) is 1.73. The second-order valence-corrected chi connectivity index (χ2v) is 6.57. The molecule has 0 bridgehead atoms. The fraction of sp³-hybridized carbons (Fsp3) is 0.429. The third-order valence-corrected chi connectivity index (χ3v) is 3.68. The van der Waals surface area contributed by atoms with E-state index in [4.69, 9.17) is 4.74 Å². The Balaban J connectivity index is 1.95. The highest BCUT2D eigenvalue weighted by Crippen LogP contribution is 2.15. The minimum atomic E-state index is -0.466. The van der Waals surface area contributed by atoms with Crippen molar-refractivity contribution in [1.29, 1.82) is 0 Å². The Labute approximate surface area is 121 Å². The van der Waals surface area contributed by atoms with Crippen LogP contribution < -0.4 is 10.9 Å². The van der Waals surface area contributed by atoms with Gasteiger partial charge in [-0.05, 0) is 32.9 Å². The average Bonchev–Trinajstić information content (AvgIpc) is 2.65. The molecule has 6 heteroatoms. The van der Waals surface area contributed by atoms with E-state index in [-0.39, 0.29) is 17.7 Å². The summed E-state index contributed by atoms with van der Waals surface area (Å²) in [6.07, 6.45) is -0.466. The molecule has 1 N–H and O–H groups in total. The van der Waals surface area contributed by atoms with Gasteiger partial charge < -0.3 is 10.1 Å². The standard InChI is InChI=1S/C14H18N2O3S/c1-14(2,3)15-13(18)19-9-8-16-12(17)10-6-4-5-7-11(10)20-16/h4-7H,8-9H2,1-3H3,(H,15,18). The van der Waals surface area contributed by atoms with Crippen LogP contribution in [-0.4, -0.2) is 22.2 Å². The van der Waals surface area contributed by atoms with Gasteiger partial charge in [-0.1, -0.05) is 23.7 Å². The number of carbonyl (C=O) groups excluding carboxylic acids is 1. The van der Waals surface area contributed by atoms with Gasteiger partial charge in [0.1, 0.15) is 6.61 Å². The summed E-state index contributed by atoms with van der Waals surface area (Å²) in [5.41, 5.74) is -0.364. The minimum absolute atomic E-state index is 0.0366.